The van der Waals surface area contributed by atoms with Crippen LogP contribution < -0.4 is 5.32 Å². The van der Waals surface area contributed by atoms with Crippen LogP contribution in [0.15, 0.2) is 67.1 Å². The van der Waals surface area contributed by atoms with Crippen molar-refractivity contribution in [1.82, 2.24) is 14.9 Å². The van der Waals surface area contributed by atoms with Crippen LogP contribution in [0, 0.1) is 0 Å². The average Bonchev–Trinajstić information content (AvgIpc) is 3.07. The van der Waals surface area contributed by atoms with E-state index < -0.39 is 0 Å². The highest BCUT2D eigenvalue weighted by Gasteiger charge is 2.17. The van der Waals surface area contributed by atoms with Crippen molar-refractivity contribution >= 4 is 5.91 Å². The number of nitrogens with one attached hydrogen (secondary N) is 1. The van der Waals surface area contributed by atoms with Crippen molar-refractivity contribution in [3.05, 3.63) is 78.4 Å². The molecule has 4 heteroatoms. The van der Waals surface area contributed by atoms with Crippen LogP contribution in [0.5, 0.6) is 0 Å². The molecule has 128 valence electrons. The third-order valence-corrected chi connectivity index (χ3v) is 4.25. The first-order chi connectivity index (χ1) is 12.2. The molecule has 2 aromatic heterocycles. The molecule has 1 atom stereocenters. The zero-order valence-corrected chi connectivity index (χ0v) is 14.6. The molecule has 1 aromatic carbocycles. The summed E-state index contributed by atoms with van der Waals surface area (Å²) in [6, 6.07) is 15.8. The fraction of sp³-hybridized carbons (Fsp3) is 0.238. The number of nitrogens with zero attached hydrogens (tertiary/aromatic N) is 2. The minimum absolute atomic E-state index is 0.0388. The lowest BCUT2D eigenvalue weighted by atomic mass is 10.1. The Hall–Kier alpha value is -2.88. The molecule has 0 saturated carbocycles. The minimum atomic E-state index is -0.0508. The molecule has 2 heterocycles. The Labute approximate surface area is 148 Å². The zero-order chi connectivity index (χ0) is 17.6. The van der Waals surface area contributed by atoms with Gasteiger partial charge in [-0.15, -0.1) is 0 Å². The second-order valence-electron chi connectivity index (χ2n) is 6.15. The molecular formula is C21H23N3O. The molecule has 0 bridgehead atoms. The first-order valence-electron chi connectivity index (χ1n) is 8.65. The second kappa shape index (κ2) is 7.79. The number of aromatic nitrogens is 2. The van der Waals surface area contributed by atoms with Crippen LogP contribution in [0.1, 0.15) is 42.4 Å². The Morgan fingerprint density at radius 3 is 2.52 bits per heavy atom. The van der Waals surface area contributed by atoms with E-state index in [-0.39, 0.29) is 11.9 Å². The van der Waals surface area contributed by atoms with Gasteiger partial charge in [-0.2, -0.15) is 0 Å². The normalized spacial score (nSPS) is 11.9. The molecule has 1 unspecified atom stereocenters. The van der Waals surface area contributed by atoms with Crippen LogP contribution >= 0.6 is 0 Å². The van der Waals surface area contributed by atoms with Crippen LogP contribution in [0.3, 0.4) is 0 Å². The third-order valence-electron chi connectivity index (χ3n) is 4.25. The first-order valence-corrected chi connectivity index (χ1v) is 8.65. The van der Waals surface area contributed by atoms with Gasteiger partial charge in [-0.25, -0.2) is 0 Å². The highest BCUT2D eigenvalue weighted by atomic mass is 16.2. The van der Waals surface area contributed by atoms with Gasteiger partial charge in [-0.1, -0.05) is 37.3 Å². The molecule has 25 heavy (non-hydrogen) atoms. The third kappa shape index (κ3) is 3.97. The molecule has 4 nitrogen and oxygen atoms in total. The minimum Gasteiger partial charge on any atom is -0.344 e. The number of hydrogen-bond donors (Lipinski definition) is 1. The van der Waals surface area contributed by atoms with Gasteiger partial charge >= 0.3 is 0 Å². The van der Waals surface area contributed by atoms with Crippen molar-refractivity contribution in [3.63, 3.8) is 0 Å². The van der Waals surface area contributed by atoms with Crippen LogP contribution in [0.25, 0.3) is 11.1 Å². The Bertz CT molecular complexity index is 825. The maximum atomic E-state index is 12.8. The molecule has 0 aliphatic rings. The lowest BCUT2D eigenvalue weighted by Crippen LogP contribution is -2.28. The van der Waals surface area contributed by atoms with Gasteiger partial charge in [0.05, 0.1) is 6.04 Å². The highest BCUT2D eigenvalue weighted by Crippen LogP contribution is 2.23. The van der Waals surface area contributed by atoms with Gasteiger partial charge in [0, 0.05) is 30.7 Å². The number of amides is 1. The van der Waals surface area contributed by atoms with Gasteiger partial charge in [0.2, 0.25) is 0 Å². The summed E-state index contributed by atoms with van der Waals surface area (Å²) in [6.45, 7) is 4.93. The van der Waals surface area contributed by atoms with E-state index in [2.05, 4.69) is 17.2 Å². The topological polar surface area (TPSA) is 46.9 Å². The van der Waals surface area contributed by atoms with Gasteiger partial charge in [-0.3, -0.25) is 9.78 Å². The van der Waals surface area contributed by atoms with Crippen LogP contribution in [-0.4, -0.2) is 15.5 Å². The Balaban J connectivity index is 1.85. The van der Waals surface area contributed by atoms with E-state index in [1.54, 1.807) is 12.4 Å². The molecule has 0 aliphatic heterocycles. The van der Waals surface area contributed by atoms with E-state index in [1.807, 2.05) is 66.2 Å². The maximum Gasteiger partial charge on any atom is 0.268 e. The maximum absolute atomic E-state index is 12.8. The van der Waals surface area contributed by atoms with E-state index in [1.165, 1.54) is 0 Å². The van der Waals surface area contributed by atoms with E-state index in [4.69, 9.17) is 0 Å². The fourth-order valence-electron chi connectivity index (χ4n) is 2.92. The van der Waals surface area contributed by atoms with Crippen LogP contribution in [0.2, 0.25) is 0 Å². The Morgan fingerprint density at radius 2 is 1.84 bits per heavy atom. The zero-order valence-electron chi connectivity index (χ0n) is 14.6. The molecule has 0 saturated heterocycles. The summed E-state index contributed by atoms with van der Waals surface area (Å²) in [6.07, 6.45) is 6.55. The van der Waals surface area contributed by atoms with E-state index >= 15 is 0 Å². The first kappa shape index (κ1) is 17.0. The summed E-state index contributed by atoms with van der Waals surface area (Å²) in [5.41, 5.74) is 3.89. The summed E-state index contributed by atoms with van der Waals surface area (Å²) >= 11 is 0. The molecule has 3 rings (SSSR count). The van der Waals surface area contributed by atoms with Crippen molar-refractivity contribution in [2.24, 2.45) is 0 Å². The summed E-state index contributed by atoms with van der Waals surface area (Å²) in [5, 5.41) is 3.10. The van der Waals surface area contributed by atoms with Crippen molar-refractivity contribution in [2.45, 2.75) is 32.9 Å². The highest BCUT2D eigenvalue weighted by molar-refractivity contribution is 5.94. The number of pyridine rings is 1. The molecule has 0 aliphatic carbocycles. The number of rotatable bonds is 6. The van der Waals surface area contributed by atoms with Gasteiger partial charge in [-0.05, 0) is 42.7 Å². The molecule has 0 fully saturated rings. The standard InChI is InChI=1S/C21H23N3O/c1-3-13-24-15-19(18-9-11-22-12-10-18)14-20(24)21(25)23-16(2)17-7-5-4-6-8-17/h4-12,14-16H,3,13H2,1-2H3,(H,23,25). The summed E-state index contributed by atoms with van der Waals surface area (Å²) in [5.74, 6) is -0.0508. The second-order valence-corrected chi connectivity index (χ2v) is 6.15. The van der Waals surface area contributed by atoms with Crippen LogP contribution in [-0.2, 0) is 6.54 Å². The predicted molar refractivity (Wildman–Crippen MR) is 100 cm³/mol. The summed E-state index contributed by atoms with van der Waals surface area (Å²) in [4.78, 5) is 16.9. The average molecular weight is 333 g/mol. The van der Waals surface area contributed by atoms with E-state index in [0.717, 1.165) is 29.7 Å². The molecule has 0 radical (unpaired) electrons. The quantitative estimate of drug-likeness (QED) is 0.724. The molecule has 1 N–H and O–H groups in total. The molecule has 0 spiro atoms. The number of benzene rings is 1. The van der Waals surface area contributed by atoms with Gasteiger partial charge < -0.3 is 9.88 Å². The Morgan fingerprint density at radius 1 is 1.12 bits per heavy atom. The predicted octanol–water partition coefficient (Wildman–Crippen LogP) is 4.45. The largest absolute Gasteiger partial charge is 0.344 e. The van der Waals surface area contributed by atoms with Gasteiger partial charge in [0.15, 0.2) is 0 Å². The van der Waals surface area contributed by atoms with Gasteiger partial charge in [0.25, 0.3) is 5.91 Å². The summed E-state index contributed by atoms with van der Waals surface area (Å²) in [7, 11) is 0. The van der Waals surface area contributed by atoms with Crippen molar-refractivity contribution in [3.8, 4) is 11.1 Å². The fourth-order valence-corrected chi connectivity index (χ4v) is 2.92. The van der Waals surface area contributed by atoms with Gasteiger partial charge in [0.1, 0.15) is 5.69 Å². The number of carbonyl (C=O) groups excluding carboxylic acids is 1. The lowest BCUT2D eigenvalue weighted by molar-refractivity contribution is 0.0930. The van der Waals surface area contributed by atoms with Crippen molar-refractivity contribution in [1.29, 1.82) is 0 Å². The number of hydrogen-bond acceptors (Lipinski definition) is 2. The lowest BCUT2D eigenvalue weighted by Gasteiger charge is -2.15. The van der Waals surface area contributed by atoms with E-state index in [0.29, 0.717) is 5.69 Å². The molecular weight excluding hydrogens is 310 g/mol. The smallest absolute Gasteiger partial charge is 0.268 e. The van der Waals surface area contributed by atoms with Crippen molar-refractivity contribution < 1.29 is 4.79 Å². The monoisotopic (exact) mass is 333 g/mol. The van der Waals surface area contributed by atoms with Crippen molar-refractivity contribution in [2.75, 3.05) is 0 Å². The number of carbonyl (C=O) groups is 1. The molecule has 3 aromatic rings. The van der Waals surface area contributed by atoms with E-state index in [9.17, 15) is 4.79 Å². The number of aryl methyl sites for hydroxylation is 1. The Kier molecular flexibility index (Phi) is 5.29. The molecule has 1 amide bonds. The van der Waals surface area contributed by atoms with Crippen LogP contribution in [0.4, 0.5) is 0 Å². The SMILES string of the molecule is CCCn1cc(-c2ccncc2)cc1C(=O)NC(C)c1ccccc1. The summed E-state index contributed by atoms with van der Waals surface area (Å²) < 4.78 is 2.03.